The summed E-state index contributed by atoms with van der Waals surface area (Å²) in [5.74, 6) is -2.31. The van der Waals surface area contributed by atoms with E-state index in [0.717, 1.165) is 6.08 Å². The molecule has 0 bridgehead atoms. The van der Waals surface area contributed by atoms with Crippen LogP contribution in [0.4, 0.5) is 0 Å². The van der Waals surface area contributed by atoms with Gasteiger partial charge in [0, 0.05) is 17.1 Å². The maximum atomic E-state index is 11.5. The van der Waals surface area contributed by atoms with Crippen molar-refractivity contribution in [2.75, 3.05) is 19.8 Å². The second kappa shape index (κ2) is 8.47. The van der Waals surface area contributed by atoms with Gasteiger partial charge in [-0.3, -0.25) is 0 Å². The SMILES string of the molecule is C=CC(=O)OOC(=O)/C(C)=C/C(C)C(CO)(CO)CO. The first kappa shape index (κ1) is 18.3. The molecule has 0 rings (SSSR count). The van der Waals surface area contributed by atoms with Crippen molar-refractivity contribution in [1.29, 1.82) is 0 Å². The van der Waals surface area contributed by atoms with Crippen LogP contribution in [0, 0.1) is 11.3 Å². The van der Waals surface area contributed by atoms with Gasteiger partial charge in [-0.05, 0) is 12.8 Å². The van der Waals surface area contributed by atoms with E-state index in [1.54, 1.807) is 6.92 Å². The van der Waals surface area contributed by atoms with Gasteiger partial charge < -0.3 is 15.3 Å². The monoisotopic (exact) mass is 288 g/mol. The Labute approximate surface area is 117 Å². The predicted octanol–water partition coefficient (Wildman–Crippen LogP) is -0.281. The van der Waals surface area contributed by atoms with Crippen LogP contribution in [0.5, 0.6) is 0 Å². The standard InChI is InChI=1S/C13H20O7/c1-4-11(17)19-20-12(18)9(2)5-10(3)13(6-14,7-15)8-16/h4-5,10,14-16H,1,6-8H2,2-3H3/b9-5+. The van der Waals surface area contributed by atoms with E-state index >= 15 is 0 Å². The van der Waals surface area contributed by atoms with E-state index in [4.69, 9.17) is 0 Å². The summed E-state index contributed by atoms with van der Waals surface area (Å²) in [5, 5.41) is 27.8. The van der Waals surface area contributed by atoms with Gasteiger partial charge in [0.1, 0.15) is 0 Å². The number of carbonyl (C=O) groups excluding carboxylic acids is 2. The molecule has 0 fully saturated rings. The molecule has 0 aromatic rings. The summed E-state index contributed by atoms with van der Waals surface area (Å²) in [4.78, 5) is 30.6. The van der Waals surface area contributed by atoms with Crippen molar-refractivity contribution in [1.82, 2.24) is 0 Å². The molecule has 0 aliphatic carbocycles. The van der Waals surface area contributed by atoms with Gasteiger partial charge in [0.2, 0.25) is 0 Å². The minimum Gasteiger partial charge on any atom is -0.396 e. The lowest BCUT2D eigenvalue weighted by molar-refractivity contribution is -0.251. The van der Waals surface area contributed by atoms with E-state index in [0.29, 0.717) is 0 Å². The Morgan fingerprint density at radius 2 is 1.70 bits per heavy atom. The van der Waals surface area contributed by atoms with Gasteiger partial charge in [-0.1, -0.05) is 19.6 Å². The van der Waals surface area contributed by atoms with Crippen molar-refractivity contribution < 1.29 is 34.7 Å². The molecule has 20 heavy (non-hydrogen) atoms. The zero-order valence-electron chi connectivity index (χ0n) is 11.5. The molecule has 1 unspecified atom stereocenters. The lowest BCUT2D eigenvalue weighted by Crippen LogP contribution is -2.39. The van der Waals surface area contributed by atoms with Gasteiger partial charge in [-0.15, -0.1) is 0 Å². The highest BCUT2D eigenvalue weighted by Gasteiger charge is 2.34. The largest absolute Gasteiger partial charge is 0.396 e. The highest BCUT2D eigenvalue weighted by Crippen LogP contribution is 2.28. The molecule has 0 amide bonds. The molecule has 0 spiro atoms. The van der Waals surface area contributed by atoms with Crippen LogP contribution in [0.25, 0.3) is 0 Å². The van der Waals surface area contributed by atoms with Crippen molar-refractivity contribution in [3.8, 4) is 0 Å². The van der Waals surface area contributed by atoms with Gasteiger partial charge in [-0.2, -0.15) is 0 Å². The van der Waals surface area contributed by atoms with Gasteiger partial charge in [0.15, 0.2) is 0 Å². The Morgan fingerprint density at radius 3 is 2.10 bits per heavy atom. The first-order valence-electron chi connectivity index (χ1n) is 5.93. The number of allylic oxidation sites excluding steroid dienone is 1. The average molecular weight is 288 g/mol. The summed E-state index contributed by atoms with van der Waals surface area (Å²) in [6.45, 7) is 4.81. The minimum atomic E-state index is -1.15. The van der Waals surface area contributed by atoms with Crippen molar-refractivity contribution in [2.45, 2.75) is 13.8 Å². The van der Waals surface area contributed by atoms with Crippen molar-refractivity contribution in [3.05, 3.63) is 24.3 Å². The van der Waals surface area contributed by atoms with Crippen LogP contribution in [0.15, 0.2) is 24.3 Å². The fourth-order valence-electron chi connectivity index (χ4n) is 1.38. The Kier molecular flexibility index (Phi) is 7.75. The summed E-state index contributed by atoms with van der Waals surface area (Å²) in [6, 6.07) is 0. The highest BCUT2D eigenvalue weighted by atomic mass is 17.2. The molecule has 114 valence electrons. The Bertz CT molecular complexity index is 374. The molecule has 0 heterocycles. The van der Waals surface area contributed by atoms with Crippen LogP contribution in [0.2, 0.25) is 0 Å². The second-order valence-corrected chi connectivity index (χ2v) is 4.45. The van der Waals surface area contributed by atoms with Crippen molar-refractivity contribution >= 4 is 11.9 Å². The topological polar surface area (TPSA) is 113 Å². The molecule has 0 aromatic carbocycles. The van der Waals surface area contributed by atoms with E-state index < -0.39 is 43.1 Å². The van der Waals surface area contributed by atoms with Gasteiger partial charge in [-0.25, -0.2) is 19.4 Å². The molecule has 7 heteroatoms. The molecule has 0 saturated carbocycles. The zero-order valence-corrected chi connectivity index (χ0v) is 11.5. The number of aliphatic hydroxyl groups is 3. The Morgan fingerprint density at radius 1 is 1.20 bits per heavy atom. The number of rotatable bonds is 7. The average Bonchev–Trinajstić information content (AvgIpc) is 2.46. The van der Waals surface area contributed by atoms with E-state index in [-0.39, 0.29) is 5.57 Å². The number of carbonyl (C=O) groups is 2. The highest BCUT2D eigenvalue weighted by molar-refractivity contribution is 5.88. The number of hydrogen-bond acceptors (Lipinski definition) is 7. The third-order valence-electron chi connectivity index (χ3n) is 3.10. The van der Waals surface area contributed by atoms with Crippen LogP contribution in [0.3, 0.4) is 0 Å². The van der Waals surface area contributed by atoms with Crippen molar-refractivity contribution in [2.24, 2.45) is 11.3 Å². The molecular weight excluding hydrogens is 268 g/mol. The fraction of sp³-hybridized carbons (Fsp3) is 0.538. The maximum Gasteiger partial charge on any atom is 0.381 e. The summed E-state index contributed by atoms with van der Waals surface area (Å²) in [5.41, 5.74) is -1.05. The summed E-state index contributed by atoms with van der Waals surface area (Å²) in [7, 11) is 0. The molecule has 3 N–H and O–H groups in total. The first-order valence-corrected chi connectivity index (χ1v) is 5.93. The van der Waals surface area contributed by atoms with Crippen LogP contribution in [-0.4, -0.2) is 47.1 Å². The molecule has 0 saturated heterocycles. The van der Waals surface area contributed by atoms with Crippen molar-refractivity contribution in [3.63, 3.8) is 0 Å². The Hall–Kier alpha value is -1.70. The number of aliphatic hydroxyl groups excluding tert-OH is 3. The van der Waals surface area contributed by atoms with Crippen LogP contribution in [0.1, 0.15) is 13.8 Å². The van der Waals surface area contributed by atoms with Crippen LogP contribution < -0.4 is 0 Å². The van der Waals surface area contributed by atoms with E-state index in [1.165, 1.54) is 13.0 Å². The van der Waals surface area contributed by atoms with Gasteiger partial charge >= 0.3 is 11.9 Å². The molecule has 1 atom stereocenters. The third kappa shape index (κ3) is 4.76. The normalized spacial score (nSPS) is 13.6. The quantitative estimate of drug-likeness (QED) is 0.335. The molecule has 0 aliphatic rings. The first-order chi connectivity index (χ1) is 9.36. The smallest absolute Gasteiger partial charge is 0.381 e. The lowest BCUT2D eigenvalue weighted by Gasteiger charge is -2.32. The minimum absolute atomic E-state index is 0.106. The van der Waals surface area contributed by atoms with Gasteiger partial charge in [0.05, 0.1) is 19.8 Å². The number of hydrogen-bond donors (Lipinski definition) is 3. The summed E-state index contributed by atoms with van der Waals surface area (Å²) >= 11 is 0. The zero-order chi connectivity index (χ0) is 15.8. The predicted molar refractivity (Wildman–Crippen MR) is 69.0 cm³/mol. The Balaban J connectivity index is 4.81. The summed E-state index contributed by atoms with van der Waals surface area (Å²) in [6.07, 6.45) is 2.25. The van der Waals surface area contributed by atoms with E-state index in [1.807, 2.05) is 0 Å². The van der Waals surface area contributed by atoms with Crippen LogP contribution >= 0.6 is 0 Å². The fourth-order valence-corrected chi connectivity index (χ4v) is 1.38. The molecule has 7 nitrogen and oxygen atoms in total. The second-order valence-electron chi connectivity index (χ2n) is 4.45. The molecule has 0 aliphatic heterocycles. The van der Waals surface area contributed by atoms with Gasteiger partial charge in [0.25, 0.3) is 0 Å². The summed E-state index contributed by atoms with van der Waals surface area (Å²) < 4.78 is 0. The van der Waals surface area contributed by atoms with Crippen LogP contribution in [-0.2, 0) is 19.4 Å². The third-order valence-corrected chi connectivity index (χ3v) is 3.10. The molecule has 0 radical (unpaired) electrons. The molecular formula is C13H20O7. The van der Waals surface area contributed by atoms with E-state index in [9.17, 15) is 24.9 Å². The maximum absolute atomic E-state index is 11.5. The lowest BCUT2D eigenvalue weighted by atomic mass is 9.77. The molecule has 0 aromatic heterocycles. The van der Waals surface area contributed by atoms with E-state index in [2.05, 4.69) is 16.4 Å².